The zero-order chi connectivity index (χ0) is 20.9. The number of benzene rings is 2. The molecule has 2 aliphatic heterocycles. The van der Waals surface area contributed by atoms with Gasteiger partial charge in [0.1, 0.15) is 0 Å². The fraction of sp³-hybridized carbons (Fsp3) is 0.304. The van der Waals surface area contributed by atoms with E-state index in [0.29, 0.717) is 22.1 Å². The summed E-state index contributed by atoms with van der Waals surface area (Å²) in [6.07, 6.45) is 3.61. The molecular formula is C23H25NO4S. The first-order valence-electron chi connectivity index (χ1n) is 9.60. The highest BCUT2D eigenvalue weighted by atomic mass is 32.2. The number of aliphatic carboxylic acids is 2. The van der Waals surface area contributed by atoms with Crippen molar-refractivity contribution in [3.63, 3.8) is 0 Å². The minimum Gasteiger partial charge on any atom is -0.478 e. The Morgan fingerprint density at radius 2 is 1.69 bits per heavy atom. The number of hydrogen-bond donors (Lipinski definition) is 3. The molecule has 1 saturated heterocycles. The first-order valence-corrected chi connectivity index (χ1v) is 10.5. The van der Waals surface area contributed by atoms with E-state index in [2.05, 4.69) is 72.5 Å². The summed E-state index contributed by atoms with van der Waals surface area (Å²) in [6, 6.07) is 18.1. The van der Waals surface area contributed by atoms with E-state index in [1.165, 1.54) is 29.5 Å². The van der Waals surface area contributed by atoms with Crippen LogP contribution in [0.5, 0.6) is 0 Å². The normalized spacial score (nSPS) is 19.4. The quantitative estimate of drug-likeness (QED) is 0.659. The Hall–Kier alpha value is -2.57. The molecule has 0 radical (unpaired) electrons. The molecule has 2 aliphatic rings. The molecule has 152 valence electrons. The van der Waals surface area contributed by atoms with Crippen molar-refractivity contribution in [3.8, 4) is 0 Å². The van der Waals surface area contributed by atoms with Gasteiger partial charge < -0.3 is 15.5 Å². The number of thioether (sulfide) groups is 1. The maximum atomic E-state index is 9.55. The molecule has 0 amide bonds. The lowest BCUT2D eigenvalue weighted by Crippen LogP contribution is -2.36. The molecule has 0 bridgehead atoms. The summed E-state index contributed by atoms with van der Waals surface area (Å²) >= 11 is 2.18. The average Bonchev–Trinajstić information content (AvgIpc) is 3.02. The summed E-state index contributed by atoms with van der Waals surface area (Å²) in [4.78, 5) is 19.1. The first kappa shape index (κ1) is 21.1. The highest BCUT2D eigenvalue weighted by molar-refractivity contribution is 8.01. The smallest absolute Gasteiger partial charge is 0.328 e. The summed E-state index contributed by atoms with van der Waals surface area (Å²) in [5.41, 5.74) is 5.94. The SMILES string of the molecule is Cc1cccc(C2SC3(CCNCC3)c3ccccc32)c1.O=C(O)/C=C\C(=O)O. The number of aryl methyl sites for hydroxylation is 1. The summed E-state index contributed by atoms with van der Waals surface area (Å²) in [7, 11) is 0. The van der Waals surface area contributed by atoms with Gasteiger partial charge >= 0.3 is 11.9 Å². The standard InChI is InChI=1S/C19H21NS.C4H4O4/c1-14-5-4-6-15(13-14)18-16-7-2-3-8-17(16)19(21-18)9-11-20-12-10-19;5-3(6)1-2-4(7)8/h2-8,13,18,20H,9-12H2,1H3;1-2H,(H,5,6)(H,7,8)/b;2-1-. The van der Waals surface area contributed by atoms with Gasteiger partial charge in [-0.05, 0) is 49.5 Å². The lowest BCUT2D eigenvalue weighted by molar-refractivity contribution is -0.134. The largest absolute Gasteiger partial charge is 0.478 e. The number of carboxylic acid groups (broad SMARTS) is 2. The molecular weight excluding hydrogens is 386 g/mol. The van der Waals surface area contributed by atoms with E-state index in [0.717, 1.165) is 13.1 Å². The third kappa shape index (κ3) is 5.08. The molecule has 2 heterocycles. The molecule has 6 heteroatoms. The highest BCUT2D eigenvalue weighted by Crippen LogP contribution is 2.60. The van der Waals surface area contributed by atoms with Gasteiger partial charge in [0.15, 0.2) is 0 Å². The lowest BCUT2D eigenvalue weighted by Gasteiger charge is -2.34. The average molecular weight is 412 g/mol. The monoisotopic (exact) mass is 411 g/mol. The zero-order valence-electron chi connectivity index (χ0n) is 16.3. The van der Waals surface area contributed by atoms with Gasteiger partial charge in [0.2, 0.25) is 0 Å². The number of carbonyl (C=O) groups is 2. The van der Waals surface area contributed by atoms with E-state index >= 15 is 0 Å². The summed E-state index contributed by atoms with van der Waals surface area (Å²) in [5, 5.41) is 19.6. The summed E-state index contributed by atoms with van der Waals surface area (Å²) < 4.78 is 0.330. The van der Waals surface area contributed by atoms with Crippen LogP contribution in [-0.4, -0.2) is 35.2 Å². The Kier molecular flexibility index (Phi) is 6.77. The van der Waals surface area contributed by atoms with E-state index in [1.807, 2.05) is 0 Å². The second kappa shape index (κ2) is 9.29. The van der Waals surface area contributed by atoms with Crippen LogP contribution >= 0.6 is 11.8 Å². The summed E-state index contributed by atoms with van der Waals surface area (Å²) in [6.45, 7) is 4.47. The molecule has 29 heavy (non-hydrogen) atoms. The Morgan fingerprint density at radius 3 is 2.31 bits per heavy atom. The van der Waals surface area contributed by atoms with Gasteiger partial charge in [0.05, 0.1) is 5.25 Å². The van der Waals surface area contributed by atoms with Gasteiger partial charge in [-0.2, -0.15) is 0 Å². The maximum Gasteiger partial charge on any atom is 0.328 e. The third-order valence-electron chi connectivity index (χ3n) is 5.20. The van der Waals surface area contributed by atoms with Crippen LogP contribution in [-0.2, 0) is 14.3 Å². The maximum absolute atomic E-state index is 9.55. The van der Waals surface area contributed by atoms with Gasteiger partial charge in [0, 0.05) is 16.9 Å². The lowest BCUT2D eigenvalue weighted by atomic mass is 9.85. The predicted molar refractivity (Wildman–Crippen MR) is 115 cm³/mol. The number of piperidine rings is 1. The van der Waals surface area contributed by atoms with E-state index in [-0.39, 0.29) is 0 Å². The van der Waals surface area contributed by atoms with Crippen LogP contribution in [0.25, 0.3) is 0 Å². The molecule has 0 aliphatic carbocycles. The van der Waals surface area contributed by atoms with Crippen molar-refractivity contribution in [1.82, 2.24) is 5.32 Å². The van der Waals surface area contributed by atoms with Crippen LogP contribution in [0.2, 0.25) is 0 Å². The van der Waals surface area contributed by atoms with E-state index in [4.69, 9.17) is 10.2 Å². The van der Waals surface area contributed by atoms with Crippen LogP contribution in [0.15, 0.2) is 60.7 Å². The van der Waals surface area contributed by atoms with Crippen molar-refractivity contribution in [2.75, 3.05) is 13.1 Å². The molecule has 4 rings (SSSR count). The topological polar surface area (TPSA) is 86.6 Å². The molecule has 2 aromatic rings. The van der Waals surface area contributed by atoms with Crippen LogP contribution in [0.1, 0.15) is 40.3 Å². The number of nitrogens with one attached hydrogen (secondary N) is 1. The van der Waals surface area contributed by atoms with Gasteiger partial charge in [-0.15, -0.1) is 11.8 Å². The predicted octanol–water partition coefficient (Wildman–Crippen LogP) is 4.12. The molecule has 1 atom stereocenters. The van der Waals surface area contributed by atoms with E-state index in [1.54, 1.807) is 5.56 Å². The molecule has 0 saturated carbocycles. The van der Waals surface area contributed by atoms with Crippen molar-refractivity contribution in [2.24, 2.45) is 0 Å². The fourth-order valence-corrected chi connectivity index (χ4v) is 5.75. The van der Waals surface area contributed by atoms with Gasteiger partial charge in [0.25, 0.3) is 0 Å². The van der Waals surface area contributed by atoms with E-state index < -0.39 is 11.9 Å². The van der Waals surface area contributed by atoms with E-state index in [9.17, 15) is 9.59 Å². The van der Waals surface area contributed by atoms with Crippen LogP contribution < -0.4 is 5.32 Å². The number of carboxylic acids is 2. The minimum absolute atomic E-state index is 0.330. The van der Waals surface area contributed by atoms with Crippen molar-refractivity contribution >= 4 is 23.7 Å². The van der Waals surface area contributed by atoms with Crippen molar-refractivity contribution < 1.29 is 19.8 Å². The molecule has 3 N–H and O–H groups in total. The number of rotatable bonds is 3. The van der Waals surface area contributed by atoms with Crippen LogP contribution in [0, 0.1) is 6.92 Å². The van der Waals surface area contributed by atoms with Crippen molar-refractivity contribution in [1.29, 1.82) is 0 Å². The second-order valence-corrected chi connectivity index (χ2v) is 8.74. The Balaban J connectivity index is 0.000000258. The van der Waals surface area contributed by atoms with Crippen molar-refractivity contribution in [2.45, 2.75) is 29.8 Å². The molecule has 0 aromatic heterocycles. The Morgan fingerprint density at radius 1 is 1.03 bits per heavy atom. The van der Waals surface area contributed by atoms with Crippen molar-refractivity contribution in [3.05, 3.63) is 82.9 Å². The fourth-order valence-electron chi connectivity index (χ4n) is 3.93. The highest BCUT2D eigenvalue weighted by Gasteiger charge is 2.45. The van der Waals surface area contributed by atoms with Crippen LogP contribution in [0.3, 0.4) is 0 Å². The molecule has 5 nitrogen and oxygen atoms in total. The Labute approximate surface area is 174 Å². The zero-order valence-corrected chi connectivity index (χ0v) is 17.1. The second-order valence-electron chi connectivity index (χ2n) is 7.25. The van der Waals surface area contributed by atoms with Crippen LogP contribution in [0.4, 0.5) is 0 Å². The molecule has 1 spiro atoms. The molecule has 2 aromatic carbocycles. The number of hydrogen-bond acceptors (Lipinski definition) is 4. The minimum atomic E-state index is -1.26. The molecule has 1 fully saturated rings. The van der Waals surface area contributed by atoms with Gasteiger partial charge in [-0.25, -0.2) is 9.59 Å². The third-order valence-corrected chi connectivity index (χ3v) is 7.04. The molecule has 1 unspecified atom stereocenters. The Bertz CT molecular complexity index is 903. The summed E-state index contributed by atoms with van der Waals surface area (Å²) in [5.74, 6) is -2.51. The first-order chi connectivity index (χ1) is 13.9. The number of fused-ring (bicyclic) bond motifs is 2. The van der Waals surface area contributed by atoms with Gasteiger partial charge in [-0.3, -0.25) is 0 Å². The van der Waals surface area contributed by atoms with Gasteiger partial charge in [-0.1, -0.05) is 54.1 Å².